The van der Waals surface area contributed by atoms with E-state index >= 15 is 0 Å². The van der Waals surface area contributed by atoms with Gasteiger partial charge in [0.1, 0.15) is 0 Å². The molecule has 2 unspecified atom stereocenters. The van der Waals surface area contributed by atoms with E-state index < -0.39 is 17.8 Å². The van der Waals surface area contributed by atoms with Crippen LogP contribution in [0, 0.1) is 17.8 Å². The van der Waals surface area contributed by atoms with Crippen LogP contribution in [0.1, 0.15) is 52.4 Å². The van der Waals surface area contributed by atoms with Crippen LogP contribution in [0.3, 0.4) is 0 Å². The predicted octanol–water partition coefficient (Wildman–Crippen LogP) is 2.86. The van der Waals surface area contributed by atoms with Gasteiger partial charge in [-0.15, -0.1) is 0 Å². The van der Waals surface area contributed by atoms with Crippen LogP contribution < -0.4 is 0 Å². The van der Waals surface area contributed by atoms with Gasteiger partial charge in [-0.25, -0.2) is 0 Å². The number of carbonyl (C=O) groups excluding carboxylic acids is 1. The Morgan fingerprint density at radius 2 is 1.83 bits per heavy atom. The molecule has 4 nitrogen and oxygen atoms in total. The molecule has 0 spiro atoms. The highest BCUT2D eigenvalue weighted by molar-refractivity contribution is 5.81. The second-order valence-electron chi connectivity index (χ2n) is 5.54. The number of hydrogen-bond donors (Lipinski definition) is 1. The number of ether oxygens (including phenoxy) is 1. The van der Waals surface area contributed by atoms with E-state index in [1.807, 2.05) is 0 Å². The first-order valence-corrected chi connectivity index (χ1v) is 6.91. The van der Waals surface area contributed by atoms with E-state index in [2.05, 4.69) is 13.8 Å². The highest BCUT2D eigenvalue weighted by atomic mass is 16.5. The summed E-state index contributed by atoms with van der Waals surface area (Å²) in [6, 6.07) is 0. The third-order valence-electron chi connectivity index (χ3n) is 3.56. The van der Waals surface area contributed by atoms with E-state index in [1.54, 1.807) is 0 Å². The topological polar surface area (TPSA) is 63.6 Å². The summed E-state index contributed by atoms with van der Waals surface area (Å²) in [6.07, 6.45) is 4.96. The summed E-state index contributed by atoms with van der Waals surface area (Å²) >= 11 is 0. The quantitative estimate of drug-likeness (QED) is 0.586. The molecule has 0 aromatic carbocycles. The van der Waals surface area contributed by atoms with Gasteiger partial charge in [0.15, 0.2) is 0 Å². The van der Waals surface area contributed by atoms with Crippen molar-refractivity contribution in [3.63, 3.8) is 0 Å². The smallest absolute Gasteiger partial charge is 0.309 e. The first-order valence-electron chi connectivity index (χ1n) is 6.91. The van der Waals surface area contributed by atoms with E-state index in [4.69, 9.17) is 9.84 Å². The molecule has 2 atom stereocenters. The maximum Gasteiger partial charge on any atom is 0.309 e. The van der Waals surface area contributed by atoms with Crippen molar-refractivity contribution in [1.29, 1.82) is 0 Å². The summed E-state index contributed by atoms with van der Waals surface area (Å²) in [5.41, 5.74) is 0. The van der Waals surface area contributed by atoms with Crippen molar-refractivity contribution < 1.29 is 19.4 Å². The fraction of sp³-hybridized carbons (Fsp3) is 0.857. The van der Waals surface area contributed by atoms with Crippen molar-refractivity contribution in [1.82, 2.24) is 0 Å². The van der Waals surface area contributed by atoms with Crippen LogP contribution in [0.25, 0.3) is 0 Å². The lowest BCUT2D eigenvalue weighted by molar-refractivity contribution is -0.159. The highest BCUT2D eigenvalue weighted by Gasteiger charge is 2.36. The molecular formula is C14H24O4. The van der Waals surface area contributed by atoms with Crippen molar-refractivity contribution in [3.8, 4) is 0 Å². The minimum atomic E-state index is -0.862. The number of carboxylic acids is 1. The van der Waals surface area contributed by atoms with Crippen molar-refractivity contribution in [2.75, 3.05) is 6.61 Å². The zero-order valence-electron chi connectivity index (χ0n) is 11.4. The third kappa shape index (κ3) is 4.67. The minimum Gasteiger partial charge on any atom is -0.481 e. The summed E-state index contributed by atoms with van der Waals surface area (Å²) in [6.45, 7) is 4.67. The number of esters is 1. The first kappa shape index (κ1) is 15.0. The lowest BCUT2D eigenvalue weighted by atomic mass is 9.79. The molecule has 0 saturated heterocycles. The van der Waals surface area contributed by atoms with Crippen LogP contribution in [-0.4, -0.2) is 23.7 Å². The standard InChI is InChI=1S/C14H24O4/c1-10(2)6-5-9-18-14(17)12-8-4-3-7-11(12)13(15)16/h10-12H,3-9H2,1-2H3,(H,15,16). The Morgan fingerprint density at radius 1 is 1.22 bits per heavy atom. The van der Waals surface area contributed by atoms with E-state index in [-0.39, 0.29) is 5.97 Å². The SMILES string of the molecule is CC(C)CCCOC(=O)C1CCCCC1C(=O)O. The first-order chi connectivity index (χ1) is 8.52. The maximum absolute atomic E-state index is 11.9. The van der Waals surface area contributed by atoms with Crippen LogP contribution in [-0.2, 0) is 14.3 Å². The van der Waals surface area contributed by atoms with Gasteiger partial charge in [0, 0.05) is 0 Å². The molecule has 18 heavy (non-hydrogen) atoms. The van der Waals surface area contributed by atoms with E-state index in [1.165, 1.54) is 0 Å². The molecule has 1 rings (SSSR count). The second kappa shape index (κ2) is 7.39. The fourth-order valence-corrected chi connectivity index (χ4v) is 2.48. The summed E-state index contributed by atoms with van der Waals surface area (Å²) < 4.78 is 5.21. The van der Waals surface area contributed by atoms with Gasteiger partial charge in [0.2, 0.25) is 0 Å². The lowest BCUT2D eigenvalue weighted by Crippen LogP contribution is -2.34. The molecule has 1 aliphatic carbocycles. The van der Waals surface area contributed by atoms with Gasteiger partial charge in [-0.1, -0.05) is 26.7 Å². The van der Waals surface area contributed by atoms with Crippen molar-refractivity contribution >= 4 is 11.9 Å². The van der Waals surface area contributed by atoms with E-state index in [0.717, 1.165) is 25.7 Å². The van der Waals surface area contributed by atoms with Crippen molar-refractivity contribution in [2.24, 2.45) is 17.8 Å². The number of aliphatic carboxylic acids is 1. The molecule has 0 heterocycles. The van der Waals surface area contributed by atoms with Gasteiger partial charge in [-0.2, -0.15) is 0 Å². The third-order valence-corrected chi connectivity index (χ3v) is 3.56. The summed E-state index contributed by atoms with van der Waals surface area (Å²) in [5, 5.41) is 9.09. The summed E-state index contributed by atoms with van der Waals surface area (Å²) in [4.78, 5) is 23.0. The second-order valence-corrected chi connectivity index (χ2v) is 5.54. The van der Waals surface area contributed by atoms with Crippen molar-refractivity contribution in [2.45, 2.75) is 52.4 Å². The Bertz CT molecular complexity index is 286. The van der Waals surface area contributed by atoms with Gasteiger partial charge in [-0.3, -0.25) is 9.59 Å². The minimum absolute atomic E-state index is 0.314. The number of carboxylic acid groups (broad SMARTS) is 1. The number of rotatable bonds is 6. The monoisotopic (exact) mass is 256 g/mol. The summed E-state index contributed by atoms with van der Waals surface area (Å²) in [5.74, 6) is -1.55. The van der Waals surface area contributed by atoms with Crippen molar-refractivity contribution in [3.05, 3.63) is 0 Å². The zero-order valence-corrected chi connectivity index (χ0v) is 11.4. The van der Waals surface area contributed by atoms with Crippen LogP contribution in [0.15, 0.2) is 0 Å². The van der Waals surface area contributed by atoms with Gasteiger partial charge in [0.25, 0.3) is 0 Å². The molecule has 1 saturated carbocycles. The van der Waals surface area contributed by atoms with Gasteiger partial charge in [0.05, 0.1) is 18.4 Å². The van der Waals surface area contributed by atoms with E-state index in [0.29, 0.717) is 25.4 Å². The zero-order chi connectivity index (χ0) is 13.5. The molecular weight excluding hydrogens is 232 g/mol. The van der Waals surface area contributed by atoms with Crippen LogP contribution >= 0.6 is 0 Å². The molecule has 0 aromatic heterocycles. The summed E-state index contributed by atoms with van der Waals surface area (Å²) in [7, 11) is 0. The molecule has 1 fully saturated rings. The molecule has 1 N–H and O–H groups in total. The van der Waals surface area contributed by atoms with Gasteiger partial charge >= 0.3 is 11.9 Å². The molecule has 4 heteroatoms. The molecule has 0 radical (unpaired) electrons. The Hall–Kier alpha value is -1.06. The number of hydrogen-bond acceptors (Lipinski definition) is 3. The molecule has 0 aliphatic heterocycles. The molecule has 0 aromatic rings. The van der Waals surface area contributed by atoms with E-state index in [9.17, 15) is 9.59 Å². The molecule has 0 amide bonds. The Morgan fingerprint density at radius 3 is 2.39 bits per heavy atom. The average molecular weight is 256 g/mol. The van der Waals surface area contributed by atoms with Gasteiger partial charge < -0.3 is 9.84 Å². The van der Waals surface area contributed by atoms with Crippen LogP contribution in [0.4, 0.5) is 0 Å². The Balaban J connectivity index is 2.36. The lowest BCUT2D eigenvalue weighted by Gasteiger charge is -2.26. The molecule has 104 valence electrons. The Labute approximate surface area is 109 Å². The molecule has 1 aliphatic rings. The highest BCUT2D eigenvalue weighted by Crippen LogP contribution is 2.31. The normalized spacial score (nSPS) is 23.9. The Kier molecular flexibility index (Phi) is 6.16. The molecule has 0 bridgehead atoms. The predicted molar refractivity (Wildman–Crippen MR) is 68.1 cm³/mol. The average Bonchev–Trinajstić information content (AvgIpc) is 2.34. The number of carbonyl (C=O) groups is 2. The van der Waals surface area contributed by atoms with Crippen LogP contribution in [0.5, 0.6) is 0 Å². The van der Waals surface area contributed by atoms with Gasteiger partial charge in [-0.05, 0) is 31.6 Å². The van der Waals surface area contributed by atoms with Crippen LogP contribution in [0.2, 0.25) is 0 Å². The largest absolute Gasteiger partial charge is 0.481 e. The maximum atomic E-state index is 11.9. The fourth-order valence-electron chi connectivity index (χ4n) is 2.48.